The smallest absolute Gasteiger partial charge is 0.240 e. The fraction of sp³-hybridized carbons (Fsp3) is 0.316. The monoisotopic (exact) mass is 358 g/mol. The first-order valence-corrected chi connectivity index (χ1v) is 9.80. The summed E-state index contributed by atoms with van der Waals surface area (Å²) < 4.78 is 27.5. The van der Waals surface area contributed by atoms with Crippen LogP contribution in [0.1, 0.15) is 29.5 Å². The Morgan fingerprint density at radius 3 is 2.52 bits per heavy atom. The van der Waals surface area contributed by atoms with E-state index in [-0.39, 0.29) is 23.3 Å². The molecule has 3 rings (SSSR count). The first kappa shape index (κ1) is 17.6. The zero-order valence-corrected chi connectivity index (χ0v) is 15.2. The quantitative estimate of drug-likeness (QED) is 0.833. The minimum atomic E-state index is -3.57. The summed E-state index contributed by atoms with van der Waals surface area (Å²) in [5, 5.41) is 2.87. The van der Waals surface area contributed by atoms with Crippen LogP contribution in [0.15, 0.2) is 47.4 Å². The van der Waals surface area contributed by atoms with Gasteiger partial charge in [-0.25, -0.2) is 13.1 Å². The average Bonchev–Trinajstić information content (AvgIpc) is 3.41. The lowest BCUT2D eigenvalue weighted by Crippen LogP contribution is -2.23. The SMILES string of the molecule is Cc1ccc(S(=O)(=O)NCc2cccc(NC(=O)C3CC3)c2)cc1C. The van der Waals surface area contributed by atoms with Crippen molar-refractivity contribution in [1.29, 1.82) is 0 Å². The van der Waals surface area contributed by atoms with Gasteiger partial charge in [0, 0.05) is 18.2 Å². The first-order valence-electron chi connectivity index (χ1n) is 8.32. The van der Waals surface area contributed by atoms with Gasteiger partial charge in [0.1, 0.15) is 0 Å². The number of hydrogen-bond acceptors (Lipinski definition) is 3. The lowest BCUT2D eigenvalue weighted by atomic mass is 10.1. The van der Waals surface area contributed by atoms with E-state index in [2.05, 4.69) is 10.0 Å². The van der Waals surface area contributed by atoms with Crippen LogP contribution in [-0.4, -0.2) is 14.3 Å². The molecule has 2 N–H and O–H groups in total. The van der Waals surface area contributed by atoms with Gasteiger partial charge in [-0.3, -0.25) is 4.79 Å². The molecule has 0 unspecified atom stereocenters. The standard InChI is InChI=1S/C19H22N2O3S/c1-13-6-9-18(10-14(13)2)25(23,24)20-12-15-4-3-5-17(11-15)21-19(22)16-7-8-16/h3-6,9-11,16,20H,7-8,12H2,1-2H3,(H,21,22). The molecule has 132 valence electrons. The summed E-state index contributed by atoms with van der Waals surface area (Å²) in [6.45, 7) is 4.00. The minimum absolute atomic E-state index is 0.0351. The Labute approximate surface area is 148 Å². The third-order valence-electron chi connectivity index (χ3n) is 4.40. The van der Waals surface area contributed by atoms with Crippen molar-refractivity contribution in [3.63, 3.8) is 0 Å². The largest absolute Gasteiger partial charge is 0.326 e. The molecule has 2 aromatic carbocycles. The van der Waals surface area contributed by atoms with Crippen LogP contribution in [-0.2, 0) is 21.4 Å². The van der Waals surface area contributed by atoms with Crippen molar-refractivity contribution >= 4 is 21.6 Å². The highest BCUT2D eigenvalue weighted by molar-refractivity contribution is 7.89. The summed E-state index contributed by atoms with van der Waals surface area (Å²) >= 11 is 0. The van der Waals surface area contributed by atoms with Crippen LogP contribution in [0, 0.1) is 19.8 Å². The third-order valence-corrected chi connectivity index (χ3v) is 5.80. The highest BCUT2D eigenvalue weighted by Crippen LogP contribution is 2.30. The molecule has 1 aliphatic rings. The Balaban J connectivity index is 1.67. The van der Waals surface area contributed by atoms with Crippen LogP contribution in [0.4, 0.5) is 5.69 Å². The summed E-state index contributed by atoms with van der Waals surface area (Å²) in [7, 11) is -3.57. The summed E-state index contributed by atoms with van der Waals surface area (Å²) in [6.07, 6.45) is 1.89. The number of nitrogens with one attached hydrogen (secondary N) is 2. The van der Waals surface area contributed by atoms with Crippen molar-refractivity contribution in [1.82, 2.24) is 4.72 Å². The number of carbonyl (C=O) groups excluding carboxylic acids is 1. The second kappa shape index (κ2) is 6.98. The van der Waals surface area contributed by atoms with E-state index in [9.17, 15) is 13.2 Å². The predicted molar refractivity (Wildman–Crippen MR) is 97.7 cm³/mol. The molecule has 2 aromatic rings. The number of carbonyl (C=O) groups is 1. The number of hydrogen-bond donors (Lipinski definition) is 2. The van der Waals surface area contributed by atoms with Crippen molar-refractivity contribution < 1.29 is 13.2 Å². The van der Waals surface area contributed by atoms with E-state index in [1.54, 1.807) is 24.3 Å². The molecule has 0 radical (unpaired) electrons. The summed E-state index contributed by atoms with van der Waals surface area (Å²) in [4.78, 5) is 12.1. The normalized spacial score (nSPS) is 14.3. The molecule has 0 spiro atoms. The maximum atomic E-state index is 12.4. The number of benzene rings is 2. The molecule has 1 aliphatic carbocycles. The van der Waals surface area contributed by atoms with Gasteiger partial charge in [0.15, 0.2) is 0 Å². The maximum Gasteiger partial charge on any atom is 0.240 e. The van der Waals surface area contributed by atoms with Gasteiger partial charge < -0.3 is 5.32 Å². The van der Waals surface area contributed by atoms with Crippen LogP contribution >= 0.6 is 0 Å². The topological polar surface area (TPSA) is 75.3 Å². The summed E-state index contributed by atoms with van der Waals surface area (Å²) in [6, 6.07) is 12.3. The summed E-state index contributed by atoms with van der Waals surface area (Å²) in [5.41, 5.74) is 3.48. The fourth-order valence-electron chi connectivity index (χ4n) is 2.49. The predicted octanol–water partition coefficient (Wildman–Crippen LogP) is 3.13. The van der Waals surface area contributed by atoms with Crippen LogP contribution in [0.2, 0.25) is 0 Å². The Hall–Kier alpha value is -2.18. The molecule has 0 aliphatic heterocycles. The van der Waals surface area contributed by atoms with Gasteiger partial charge in [0.2, 0.25) is 15.9 Å². The molecule has 1 saturated carbocycles. The summed E-state index contributed by atoms with van der Waals surface area (Å²) in [5.74, 6) is 0.166. The van der Waals surface area contributed by atoms with Gasteiger partial charge in [0.05, 0.1) is 4.90 Å². The molecule has 1 fully saturated rings. The van der Waals surface area contributed by atoms with E-state index in [0.29, 0.717) is 5.69 Å². The minimum Gasteiger partial charge on any atom is -0.326 e. The highest BCUT2D eigenvalue weighted by Gasteiger charge is 2.29. The van der Waals surface area contributed by atoms with Gasteiger partial charge in [-0.1, -0.05) is 18.2 Å². The molecule has 5 nitrogen and oxygen atoms in total. The molecule has 25 heavy (non-hydrogen) atoms. The van der Waals surface area contributed by atoms with Crippen LogP contribution in [0.25, 0.3) is 0 Å². The first-order chi connectivity index (χ1) is 11.8. The number of anilines is 1. The Bertz CT molecular complexity index is 903. The van der Waals surface area contributed by atoms with E-state index >= 15 is 0 Å². The molecule has 0 bridgehead atoms. The van der Waals surface area contributed by atoms with E-state index in [1.165, 1.54) is 0 Å². The van der Waals surface area contributed by atoms with Gasteiger partial charge in [-0.15, -0.1) is 0 Å². The number of amides is 1. The molecule has 0 atom stereocenters. The molecule has 1 amide bonds. The number of sulfonamides is 1. The second-order valence-corrected chi connectivity index (χ2v) is 8.30. The van der Waals surface area contributed by atoms with Crippen molar-refractivity contribution in [3.8, 4) is 0 Å². The Kier molecular flexibility index (Phi) is 4.92. The highest BCUT2D eigenvalue weighted by atomic mass is 32.2. The van der Waals surface area contributed by atoms with Crippen molar-refractivity contribution in [3.05, 3.63) is 59.2 Å². The lowest BCUT2D eigenvalue weighted by molar-refractivity contribution is -0.117. The van der Waals surface area contributed by atoms with Crippen molar-refractivity contribution in [2.75, 3.05) is 5.32 Å². The van der Waals surface area contributed by atoms with Gasteiger partial charge >= 0.3 is 0 Å². The molecule has 0 heterocycles. The fourth-order valence-corrected chi connectivity index (χ4v) is 3.59. The lowest BCUT2D eigenvalue weighted by Gasteiger charge is -2.10. The molecule has 6 heteroatoms. The van der Waals surface area contributed by atoms with Crippen molar-refractivity contribution in [2.24, 2.45) is 5.92 Å². The number of aryl methyl sites for hydroxylation is 2. The van der Waals surface area contributed by atoms with Gasteiger partial charge in [-0.05, 0) is 67.6 Å². The van der Waals surface area contributed by atoms with Crippen LogP contribution in [0.5, 0.6) is 0 Å². The van der Waals surface area contributed by atoms with Crippen LogP contribution in [0.3, 0.4) is 0 Å². The van der Waals surface area contributed by atoms with E-state index in [1.807, 2.05) is 32.0 Å². The second-order valence-electron chi connectivity index (χ2n) is 6.53. The van der Waals surface area contributed by atoms with E-state index in [0.717, 1.165) is 29.5 Å². The van der Waals surface area contributed by atoms with Gasteiger partial charge in [-0.2, -0.15) is 0 Å². The van der Waals surface area contributed by atoms with Gasteiger partial charge in [0.25, 0.3) is 0 Å². The molecular weight excluding hydrogens is 336 g/mol. The van der Waals surface area contributed by atoms with Crippen LogP contribution < -0.4 is 10.0 Å². The zero-order chi connectivity index (χ0) is 18.0. The molecular formula is C19H22N2O3S. The zero-order valence-electron chi connectivity index (χ0n) is 14.4. The number of rotatable bonds is 6. The molecule has 0 aromatic heterocycles. The van der Waals surface area contributed by atoms with Crippen molar-refractivity contribution in [2.45, 2.75) is 38.1 Å². The Morgan fingerprint density at radius 1 is 1.08 bits per heavy atom. The van der Waals surface area contributed by atoms with E-state index < -0.39 is 10.0 Å². The average molecular weight is 358 g/mol. The molecule has 0 saturated heterocycles. The maximum absolute atomic E-state index is 12.4. The Morgan fingerprint density at radius 2 is 1.84 bits per heavy atom. The third kappa shape index (κ3) is 4.46. The van der Waals surface area contributed by atoms with E-state index in [4.69, 9.17) is 0 Å².